The lowest BCUT2D eigenvalue weighted by Gasteiger charge is -2.12. The molecule has 0 aliphatic rings. The van der Waals surface area contributed by atoms with Gasteiger partial charge in [0.15, 0.2) is 0 Å². The first-order valence-corrected chi connectivity index (χ1v) is 6.16. The number of benzene rings is 1. The van der Waals surface area contributed by atoms with Gasteiger partial charge in [0, 0.05) is 4.47 Å². The molecule has 0 aliphatic carbocycles. The summed E-state index contributed by atoms with van der Waals surface area (Å²) in [5.41, 5.74) is 8.00. The van der Waals surface area contributed by atoms with Crippen LogP contribution >= 0.6 is 15.9 Å². The highest BCUT2D eigenvalue weighted by molar-refractivity contribution is 9.10. The van der Waals surface area contributed by atoms with Gasteiger partial charge < -0.3 is 15.8 Å². The van der Waals surface area contributed by atoms with Crippen molar-refractivity contribution in [3.8, 4) is 0 Å². The van der Waals surface area contributed by atoms with Crippen LogP contribution in [0.2, 0.25) is 0 Å². The van der Waals surface area contributed by atoms with E-state index >= 15 is 0 Å². The van der Waals surface area contributed by atoms with Crippen LogP contribution in [-0.4, -0.2) is 18.6 Å². The number of nitrogens with two attached hydrogens (primary N) is 1. The van der Waals surface area contributed by atoms with Gasteiger partial charge in [0.05, 0.1) is 17.5 Å². The molecule has 0 heterocycles. The van der Waals surface area contributed by atoms with Crippen LogP contribution in [0.5, 0.6) is 0 Å². The Bertz CT molecular complexity index is 396. The second kappa shape index (κ2) is 6.02. The molecule has 0 unspecified atom stereocenters. The molecule has 0 spiro atoms. The summed E-state index contributed by atoms with van der Waals surface area (Å²) in [6.45, 7) is 5.72. The average molecular weight is 301 g/mol. The van der Waals surface area contributed by atoms with Crippen LogP contribution in [0.25, 0.3) is 0 Å². The Kier molecular flexibility index (Phi) is 4.96. The second-order valence-corrected chi connectivity index (χ2v) is 4.97. The minimum Gasteiger partial charge on any atom is -0.397 e. The smallest absolute Gasteiger partial charge is 0.250 e. The fourth-order valence-electron chi connectivity index (χ4n) is 1.32. The zero-order valence-electron chi connectivity index (χ0n) is 10.2. The van der Waals surface area contributed by atoms with Crippen LogP contribution in [0.4, 0.5) is 11.4 Å². The van der Waals surface area contributed by atoms with Gasteiger partial charge in [-0.2, -0.15) is 0 Å². The molecule has 0 fully saturated rings. The normalized spacial score (nSPS) is 10.6. The molecule has 0 saturated carbocycles. The molecule has 0 saturated heterocycles. The van der Waals surface area contributed by atoms with Gasteiger partial charge in [-0.15, -0.1) is 0 Å². The summed E-state index contributed by atoms with van der Waals surface area (Å²) in [6, 6.07) is 3.71. The predicted molar refractivity (Wildman–Crippen MR) is 73.0 cm³/mol. The maximum absolute atomic E-state index is 11.6. The maximum atomic E-state index is 11.6. The van der Waals surface area contributed by atoms with E-state index in [-0.39, 0.29) is 18.6 Å². The van der Waals surface area contributed by atoms with E-state index in [0.29, 0.717) is 11.4 Å². The van der Waals surface area contributed by atoms with Gasteiger partial charge in [-0.25, -0.2) is 0 Å². The molecule has 0 aromatic heterocycles. The Labute approximate surface area is 110 Å². The fourth-order valence-corrected chi connectivity index (χ4v) is 2.01. The number of ether oxygens (including phenoxy) is 1. The van der Waals surface area contributed by atoms with Crippen molar-refractivity contribution in [2.75, 3.05) is 17.7 Å². The lowest BCUT2D eigenvalue weighted by Crippen LogP contribution is -2.21. The summed E-state index contributed by atoms with van der Waals surface area (Å²) in [7, 11) is 0. The van der Waals surface area contributed by atoms with Crippen molar-refractivity contribution in [3.05, 3.63) is 22.2 Å². The van der Waals surface area contributed by atoms with Gasteiger partial charge in [-0.05, 0) is 54.4 Å². The molecule has 1 aromatic rings. The molecule has 0 radical (unpaired) electrons. The molecule has 17 heavy (non-hydrogen) atoms. The van der Waals surface area contributed by atoms with Crippen molar-refractivity contribution < 1.29 is 9.53 Å². The van der Waals surface area contributed by atoms with E-state index in [2.05, 4.69) is 21.2 Å². The van der Waals surface area contributed by atoms with Crippen LogP contribution < -0.4 is 11.1 Å². The Hall–Kier alpha value is -1.07. The Morgan fingerprint density at radius 1 is 1.53 bits per heavy atom. The van der Waals surface area contributed by atoms with Gasteiger partial charge in [0.2, 0.25) is 5.91 Å². The number of carbonyl (C=O) groups excluding carboxylic acids is 1. The highest BCUT2D eigenvalue weighted by Crippen LogP contribution is 2.30. The van der Waals surface area contributed by atoms with Crippen molar-refractivity contribution in [3.63, 3.8) is 0 Å². The molecule has 0 aliphatic heterocycles. The van der Waals surface area contributed by atoms with E-state index in [1.807, 2.05) is 32.9 Å². The molecule has 94 valence electrons. The van der Waals surface area contributed by atoms with E-state index in [4.69, 9.17) is 10.5 Å². The topological polar surface area (TPSA) is 64.3 Å². The van der Waals surface area contributed by atoms with E-state index in [1.54, 1.807) is 0 Å². The number of rotatable bonds is 4. The molecular formula is C12H17BrN2O2. The summed E-state index contributed by atoms with van der Waals surface area (Å²) in [5.74, 6) is -0.213. The molecule has 4 nitrogen and oxygen atoms in total. The average Bonchev–Trinajstić information content (AvgIpc) is 2.20. The summed E-state index contributed by atoms with van der Waals surface area (Å²) in [5, 5.41) is 2.73. The van der Waals surface area contributed by atoms with E-state index < -0.39 is 0 Å². The number of halogens is 1. The van der Waals surface area contributed by atoms with E-state index in [0.717, 1.165) is 10.0 Å². The lowest BCUT2D eigenvalue weighted by atomic mass is 10.2. The van der Waals surface area contributed by atoms with Crippen LogP contribution in [0.1, 0.15) is 19.4 Å². The number of hydrogen-bond acceptors (Lipinski definition) is 3. The van der Waals surface area contributed by atoms with Crippen molar-refractivity contribution in [2.45, 2.75) is 26.9 Å². The molecule has 5 heteroatoms. The van der Waals surface area contributed by atoms with Gasteiger partial charge in [0.1, 0.15) is 6.61 Å². The zero-order valence-corrected chi connectivity index (χ0v) is 11.8. The monoisotopic (exact) mass is 300 g/mol. The summed E-state index contributed by atoms with van der Waals surface area (Å²) in [4.78, 5) is 11.6. The number of hydrogen-bond donors (Lipinski definition) is 2. The third kappa shape index (κ3) is 4.36. The predicted octanol–water partition coefficient (Wildman–Crippen LogP) is 2.70. The molecule has 1 aromatic carbocycles. The molecule has 0 atom stereocenters. The van der Waals surface area contributed by atoms with Crippen LogP contribution in [0.3, 0.4) is 0 Å². The Morgan fingerprint density at radius 3 is 2.71 bits per heavy atom. The second-order valence-electron chi connectivity index (χ2n) is 4.12. The maximum Gasteiger partial charge on any atom is 0.250 e. The number of aryl methyl sites for hydroxylation is 1. The quantitative estimate of drug-likeness (QED) is 0.840. The lowest BCUT2D eigenvalue weighted by molar-refractivity contribution is -0.121. The third-order valence-electron chi connectivity index (χ3n) is 2.08. The number of amides is 1. The summed E-state index contributed by atoms with van der Waals surface area (Å²) < 4.78 is 5.98. The first-order chi connectivity index (χ1) is 7.90. The minimum atomic E-state index is -0.213. The van der Waals surface area contributed by atoms with Crippen LogP contribution in [0.15, 0.2) is 16.6 Å². The van der Waals surface area contributed by atoms with Gasteiger partial charge in [0.25, 0.3) is 0 Å². The van der Waals surface area contributed by atoms with E-state index in [9.17, 15) is 4.79 Å². The highest BCUT2D eigenvalue weighted by Gasteiger charge is 2.10. The van der Waals surface area contributed by atoms with E-state index in [1.165, 1.54) is 0 Å². The number of anilines is 2. The Balaban J connectivity index is 2.72. The fraction of sp³-hybridized carbons (Fsp3) is 0.417. The molecule has 1 amide bonds. The van der Waals surface area contributed by atoms with Gasteiger partial charge in [-0.3, -0.25) is 4.79 Å². The van der Waals surface area contributed by atoms with Crippen LogP contribution in [0, 0.1) is 6.92 Å². The van der Waals surface area contributed by atoms with Crippen molar-refractivity contribution in [2.24, 2.45) is 0 Å². The number of nitrogen functional groups attached to an aromatic ring is 1. The molecule has 0 bridgehead atoms. The largest absolute Gasteiger partial charge is 0.397 e. The standard InChI is InChI=1S/C12H17BrN2O2/c1-7(2)17-6-11(16)15-12-9(13)4-8(3)5-10(12)14/h4-5,7H,6,14H2,1-3H3,(H,15,16). The van der Waals surface area contributed by atoms with Crippen molar-refractivity contribution in [1.82, 2.24) is 0 Å². The zero-order chi connectivity index (χ0) is 13.0. The van der Waals surface area contributed by atoms with Gasteiger partial charge >= 0.3 is 0 Å². The minimum absolute atomic E-state index is 0.0252. The Morgan fingerprint density at radius 2 is 2.18 bits per heavy atom. The summed E-state index contributed by atoms with van der Waals surface area (Å²) in [6.07, 6.45) is 0.0274. The van der Waals surface area contributed by atoms with Gasteiger partial charge in [-0.1, -0.05) is 0 Å². The third-order valence-corrected chi connectivity index (χ3v) is 2.70. The highest BCUT2D eigenvalue weighted by atomic mass is 79.9. The number of nitrogens with one attached hydrogen (secondary N) is 1. The molecular weight excluding hydrogens is 284 g/mol. The number of carbonyl (C=O) groups is 1. The SMILES string of the molecule is Cc1cc(N)c(NC(=O)COC(C)C)c(Br)c1. The molecule has 3 N–H and O–H groups in total. The van der Waals surface area contributed by atoms with Crippen LogP contribution in [-0.2, 0) is 9.53 Å². The summed E-state index contributed by atoms with van der Waals surface area (Å²) >= 11 is 3.37. The molecule has 1 rings (SSSR count). The van der Waals surface area contributed by atoms with Crippen molar-refractivity contribution >= 4 is 33.2 Å². The first-order valence-electron chi connectivity index (χ1n) is 5.37. The van der Waals surface area contributed by atoms with Crippen molar-refractivity contribution in [1.29, 1.82) is 0 Å². The first kappa shape index (κ1) is 14.0.